The van der Waals surface area contributed by atoms with Crippen LogP contribution < -0.4 is 4.74 Å². The maximum absolute atomic E-state index is 10.4. The van der Waals surface area contributed by atoms with Gasteiger partial charge in [-0.15, -0.1) is 0 Å². The molecule has 2 N–H and O–H groups in total. The van der Waals surface area contributed by atoms with Gasteiger partial charge in [-0.1, -0.05) is 0 Å². The van der Waals surface area contributed by atoms with Gasteiger partial charge in [-0.05, 0) is 61.1 Å². The summed E-state index contributed by atoms with van der Waals surface area (Å²) < 4.78 is 6.10. The first-order valence-electron chi connectivity index (χ1n) is 9.33. The molecule has 27 heavy (non-hydrogen) atoms. The van der Waals surface area contributed by atoms with Gasteiger partial charge in [0, 0.05) is 19.6 Å². The highest BCUT2D eigenvalue weighted by Gasteiger charge is 2.42. The zero-order valence-corrected chi connectivity index (χ0v) is 15.0. The molecule has 6 heteroatoms. The molecule has 2 aliphatic rings. The van der Waals surface area contributed by atoms with Gasteiger partial charge < -0.3 is 14.9 Å². The van der Waals surface area contributed by atoms with Gasteiger partial charge in [-0.2, -0.15) is 5.26 Å². The number of hydrogen-bond acceptors (Lipinski definition) is 6. The minimum atomic E-state index is -0.643. The van der Waals surface area contributed by atoms with Gasteiger partial charge in [0.15, 0.2) is 0 Å². The second kappa shape index (κ2) is 7.55. The molecule has 4 atom stereocenters. The van der Waals surface area contributed by atoms with E-state index < -0.39 is 6.10 Å². The van der Waals surface area contributed by atoms with E-state index in [0.29, 0.717) is 29.6 Å². The molecule has 2 unspecified atom stereocenters. The number of aromatic hydroxyl groups is 1. The second-order valence-corrected chi connectivity index (χ2v) is 7.54. The number of hydrogen-bond donors (Lipinski definition) is 2. The summed E-state index contributed by atoms with van der Waals surface area (Å²) in [5, 5.41) is 28.6. The maximum atomic E-state index is 10.4. The fraction of sp³-hybridized carbons (Fsp3) is 0.429. The van der Waals surface area contributed by atoms with Crippen LogP contribution in [0.3, 0.4) is 0 Å². The Labute approximate surface area is 158 Å². The summed E-state index contributed by atoms with van der Waals surface area (Å²) in [6, 6.07) is 12.6. The Bertz CT molecular complexity index is 802. The number of rotatable bonds is 5. The molecular formula is C21H23N3O3. The van der Waals surface area contributed by atoms with Crippen LogP contribution in [0.1, 0.15) is 30.2 Å². The van der Waals surface area contributed by atoms with E-state index in [0.717, 1.165) is 31.7 Å². The average Bonchev–Trinajstić information content (AvgIpc) is 3.20. The number of aromatic nitrogens is 1. The molecular weight excluding hydrogens is 342 g/mol. The first-order chi connectivity index (χ1) is 13.1. The van der Waals surface area contributed by atoms with Crippen molar-refractivity contribution in [2.45, 2.75) is 25.0 Å². The van der Waals surface area contributed by atoms with Gasteiger partial charge in [0.05, 0.1) is 29.6 Å². The number of fused-ring (bicyclic) bond motifs is 1. The van der Waals surface area contributed by atoms with Crippen LogP contribution in [0.2, 0.25) is 0 Å². The zero-order valence-electron chi connectivity index (χ0n) is 15.0. The molecule has 6 nitrogen and oxygen atoms in total. The molecule has 1 aliphatic carbocycles. The summed E-state index contributed by atoms with van der Waals surface area (Å²) in [4.78, 5) is 6.39. The maximum Gasteiger partial charge on any atom is 0.133 e. The third kappa shape index (κ3) is 4.05. The number of aliphatic hydroxyl groups excluding tert-OH is 1. The minimum absolute atomic E-state index is 0.106. The monoisotopic (exact) mass is 365 g/mol. The fourth-order valence-corrected chi connectivity index (χ4v) is 4.32. The van der Waals surface area contributed by atoms with E-state index in [2.05, 4.69) is 16.0 Å². The molecule has 1 saturated carbocycles. The third-order valence-electron chi connectivity index (χ3n) is 5.61. The number of β-amino-alcohol motifs (C(OH)–C–C–N with tert-alkyl or cyclic N) is 1. The van der Waals surface area contributed by atoms with Gasteiger partial charge in [-0.3, -0.25) is 9.88 Å². The van der Waals surface area contributed by atoms with Gasteiger partial charge in [0.25, 0.3) is 0 Å². The molecule has 0 spiro atoms. The smallest absolute Gasteiger partial charge is 0.133 e. The van der Waals surface area contributed by atoms with Crippen LogP contribution >= 0.6 is 0 Å². The van der Waals surface area contributed by atoms with Crippen LogP contribution in [0.4, 0.5) is 0 Å². The lowest BCUT2D eigenvalue weighted by Gasteiger charge is -2.22. The van der Waals surface area contributed by atoms with Crippen molar-refractivity contribution in [3.8, 4) is 17.6 Å². The Kier molecular flexibility index (Phi) is 4.97. The molecule has 0 amide bonds. The van der Waals surface area contributed by atoms with E-state index in [1.165, 1.54) is 6.20 Å². The van der Waals surface area contributed by atoms with Crippen LogP contribution in [0.25, 0.3) is 0 Å². The average molecular weight is 365 g/mol. The number of nitrogens with zero attached hydrogens (tertiary/aromatic N) is 3. The van der Waals surface area contributed by atoms with Gasteiger partial charge in [-0.25, -0.2) is 0 Å². The van der Waals surface area contributed by atoms with Gasteiger partial charge in [0.1, 0.15) is 17.6 Å². The van der Waals surface area contributed by atoms with E-state index in [4.69, 9.17) is 10.00 Å². The Morgan fingerprint density at radius 3 is 2.44 bits per heavy atom. The zero-order chi connectivity index (χ0) is 18.8. The van der Waals surface area contributed by atoms with Crippen molar-refractivity contribution in [1.29, 1.82) is 5.26 Å². The van der Waals surface area contributed by atoms with Crippen LogP contribution in [0, 0.1) is 23.2 Å². The van der Waals surface area contributed by atoms with Crippen molar-refractivity contribution in [2.24, 2.45) is 11.8 Å². The lowest BCUT2D eigenvalue weighted by molar-refractivity contribution is 0.113. The highest BCUT2D eigenvalue weighted by atomic mass is 16.5. The summed E-state index contributed by atoms with van der Waals surface area (Å²) in [5.41, 5.74) is 1.23. The van der Waals surface area contributed by atoms with Crippen molar-refractivity contribution in [3.63, 3.8) is 0 Å². The number of likely N-dealkylation sites (tertiary alicyclic amines) is 1. The van der Waals surface area contributed by atoms with Gasteiger partial charge >= 0.3 is 0 Å². The molecule has 2 aromatic rings. The molecule has 4 rings (SSSR count). The molecule has 0 radical (unpaired) electrons. The fourth-order valence-electron chi connectivity index (χ4n) is 4.32. The Hall–Kier alpha value is -2.62. The highest BCUT2D eigenvalue weighted by molar-refractivity contribution is 5.34. The number of ether oxygens (including phenoxy) is 1. The number of benzene rings is 1. The Morgan fingerprint density at radius 2 is 1.85 bits per heavy atom. The van der Waals surface area contributed by atoms with Gasteiger partial charge in [0.2, 0.25) is 0 Å². The van der Waals surface area contributed by atoms with Crippen molar-refractivity contribution in [2.75, 3.05) is 19.6 Å². The standard InChI is InChI=1S/C21H23N3O3/c22-9-14-1-4-18(5-2-14)27-19-7-15-11-24(12-16(15)8-19)13-21(26)20-6-3-17(25)10-23-20/h1-6,10,15-16,19,21,25-26H,7-8,11-13H2/t15-,16?,19+,21?/m1/s1. The number of pyridine rings is 1. The summed E-state index contributed by atoms with van der Waals surface area (Å²) in [7, 11) is 0. The largest absolute Gasteiger partial charge is 0.506 e. The third-order valence-corrected chi connectivity index (χ3v) is 5.61. The van der Waals surface area contributed by atoms with Crippen LogP contribution in [0.15, 0.2) is 42.6 Å². The van der Waals surface area contributed by atoms with E-state index in [9.17, 15) is 10.2 Å². The molecule has 140 valence electrons. The van der Waals surface area contributed by atoms with Crippen molar-refractivity contribution < 1.29 is 14.9 Å². The molecule has 2 heterocycles. The minimum Gasteiger partial charge on any atom is -0.506 e. The van der Waals surface area contributed by atoms with Crippen molar-refractivity contribution in [1.82, 2.24) is 9.88 Å². The molecule has 1 aromatic carbocycles. The quantitative estimate of drug-likeness (QED) is 0.846. The van der Waals surface area contributed by atoms with E-state index in [-0.39, 0.29) is 11.9 Å². The first kappa shape index (κ1) is 17.8. The summed E-state index contributed by atoms with van der Waals surface area (Å²) in [5.74, 6) is 2.11. The summed E-state index contributed by atoms with van der Waals surface area (Å²) in [6.45, 7) is 2.49. The molecule has 1 saturated heterocycles. The van der Waals surface area contributed by atoms with Crippen LogP contribution in [-0.2, 0) is 0 Å². The van der Waals surface area contributed by atoms with E-state index in [1.807, 2.05) is 12.1 Å². The molecule has 2 fully saturated rings. The van der Waals surface area contributed by atoms with E-state index in [1.54, 1.807) is 24.3 Å². The lowest BCUT2D eigenvalue weighted by atomic mass is 10.0. The number of aliphatic hydroxyl groups is 1. The molecule has 1 aromatic heterocycles. The number of nitriles is 1. The predicted molar refractivity (Wildman–Crippen MR) is 99.1 cm³/mol. The Morgan fingerprint density at radius 1 is 1.15 bits per heavy atom. The SMILES string of the molecule is N#Cc1ccc(O[C@@H]2CC3CN(CC(O)c4ccc(O)cn4)C[C@H]3C2)cc1. The normalized spacial score (nSPS) is 25.7. The second-order valence-electron chi connectivity index (χ2n) is 7.54. The Balaban J connectivity index is 1.27. The molecule has 0 bridgehead atoms. The summed E-state index contributed by atoms with van der Waals surface area (Å²) in [6.07, 6.45) is 2.99. The van der Waals surface area contributed by atoms with Crippen LogP contribution in [0.5, 0.6) is 11.5 Å². The van der Waals surface area contributed by atoms with Crippen LogP contribution in [-0.4, -0.2) is 45.8 Å². The topological polar surface area (TPSA) is 89.6 Å². The van der Waals surface area contributed by atoms with E-state index >= 15 is 0 Å². The molecule has 1 aliphatic heterocycles. The lowest BCUT2D eigenvalue weighted by Crippen LogP contribution is -2.29. The van der Waals surface area contributed by atoms with Crippen molar-refractivity contribution >= 4 is 0 Å². The van der Waals surface area contributed by atoms with Crippen molar-refractivity contribution in [3.05, 3.63) is 53.9 Å². The highest BCUT2D eigenvalue weighted by Crippen LogP contribution is 2.40. The first-order valence-corrected chi connectivity index (χ1v) is 9.33. The summed E-state index contributed by atoms with van der Waals surface area (Å²) >= 11 is 0. The predicted octanol–water partition coefficient (Wildman–Crippen LogP) is 2.48.